The van der Waals surface area contributed by atoms with Crippen molar-refractivity contribution in [2.24, 2.45) is 5.92 Å². The third kappa shape index (κ3) is 3.94. The summed E-state index contributed by atoms with van der Waals surface area (Å²) >= 11 is 5.65. The molecule has 6 heteroatoms. The molecule has 1 aromatic carbocycles. The number of rotatable bonds is 3. The molecule has 1 aromatic rings. The van der Waals surface area contributed by atoms with Crippen molar-refractivity contribution in [1.29, 1.82) is 0 Å². The molecule has 0 radical (unpaired) electrons. The Kier molecular flexibility index (Phi) is 5.17. The molecule has 2 unspecified atom stereocenters. The van der Waals surface area contributed by atoms with Crippen LogP contribution in [-0.4, -0.2) is 23.0 Å². The minimum Gasteiger partial charge on any atom is -0.481 e. The standard InChI is InChI=1S/C15H17ClFNO3/c16-9-6-7-10(12(17)8-9)14(19)18-13-5-3-1-2-4-11(13)15(20)21/h6-8,11,13H,1-5H2,(H,18,19)(H,20,21). The molecule has 1 aliphatic rings. The Hall–Kier alpha value is -1.62. The minimum atomic E-state index is -0.918. The monoisotopic (exact) mass is 313 g/mol. The largest absolute Gasteiger partial charge is 0.481 e. The molecular weight excluding hydrogens is 297 g/mol. The Bertz CT molecular complexity index is 550. The van der Waals surface area contributed by atoms with Gasteiger partial charge in [0.15, 0.2) is 0 Å². The van der Waals surface area contributed by atoms with Crippen LogP contribution < -0.4 is 5.32 Å². The molecule has 2 atom stereocenters. The van der Waals surface area contributed by atoms with Crippen LogP contribution in [0.4, 0.5) is 4.39 Å². The summed E-state index contributed by atoms with van der Waals surface area (Å²) < 4.78 is 13.7. The maximum Gasteiger partial charge on any atom is 0.308 e. The van der Waals surface area contributed by atoms with Crippen molar-refractivity contribution >= 4 is 23.5 Å². The van der Waals surface area contributed by atoms with Gasteiger partial charge in [-0.15, -0.1) is 0 Å². The molecule has 4 nitrogen and oxygen atoms in total. The van der Waals surface area contributed by atoms with Crippen LogP contribution in [0.15, 0.2) is 18.2 Å². The number of carboxylic acids is 1. The van der Waals surface area contributed by atoms with E-state index in [0.29, 0.717) is 12.8 Å². The molecule has 1 aliphatic carbocycles. The van der Waals surface area contributed by atoms with Gasteiger partial charge in [-0.3, -0.25) is 9.59 Å². The Morgan fingerprint density at radius 1 is 1.24 bits per heavy atom. The van der Waals surface area contributed by atoms with Crippen molar-refractivity contribution in [2.45, 2.75) is 38.1 Å². The molecule has 0 bridgehead atoms. The lowest BCUT2D eigenvalue weighted by Crippen LogP contribution is -2.43. The maximum absolute atomic E-state index is 13.7. The highest BCUT2D eigenvalue weighted by Gasteiger charge is 2.31. The van der Waals surface area contributed by atoms with E-state index in [2.05, 4.69) is 5.32 Å². The normalized spacial score (nSPS) is 22.4. The van der Waals surface area contributed by atoms with E-state index in [4.69, 9.17) is 11.6 Å². The molecule has 1 amide bonds. The van der Waals surface area contributed by atoms with E-state index < -0.39 is 29.7 Å². The van der Waals surface area contributed by atoms with Gasteiger partial charge in [-0.05, 0) is 31.0 Å². The van der Waals surface area contributed by atoms with E-state index in [9.17, 15) is 19.1 Å². The fourth-order valence-corrected chi connectivity index (χ4v) is 2.85. The molecule has 0 aliphatic heterocycles. The molecule has 114 valence electrons. The van der Waals surface area contributed by atoms with Crippen molar-refractivity contribution < 1.29 is 19.1 Å². The first-order valence-corrected chi connectivity index (χ1v) is 7.35. The summed E-state index contributed by atoms with van der Waals surface area (Å²) in [6.07, 6.45) is 3.77. The molecule has 2 N–H and O–H groups in total. The van der Waals surface area contributed by atoms with Crippen LogP contribution in [-0.2, 0) is 4.79 Å². The van der Waals surface area contributed by atoms with Gasteiger partial charge in [-0.25, -0.2) is 4.39 Å². The highest BCUT2D eigenvalue weighted by molar-refractivity contribution is 6.30. The van der Waals surface area contributed by atoms with Crippen molar-refractivity contribution in [2.75, 3.05) is 0 Å². The number of benzene rings is 1. The number of carbonyl (C=O) groups excluding carboxylic acids is 1. The van der Waals surface area contributed by atoms with Gasteiger partial charge >= 0.3 is 5.97 Å². The van der Waals surface area contributed by atoms with Gasteiger partial charge in [0.1, 0.15) is 5.82 Å². The van der Waals surface area contributed by atoms with Crippen molar-refractivity contribution in [3.05, 3.63) is 34.6 Å². The molecule has 1 saturated carbocycles. The first kappa shape index (κ1) is 15.8. The lowest BCUT2D eigenvalue weighted by molar-refractivity contribution is -0.142. The second-order valence-electron chi connectivity index (χ2n) is 5.29. The van der Waals surface area contributed by atoms with E-state index in [1.807, 2.05) is 0 Å². The molecule has 0 spiro atoms. The van der Waals surface area contributed by atoms with Gasteiger partial charge in [0.2, 0.25) is 0 Å². The van der Waals surface area contributed by atoms with Gasteiger partial charge in [0.05, 0.1) is 11.5 Å². The summed E-state index contributed by atoms with van der Waals surface area (Å²) in [7, 11) is 0. The van der Waals surface area contributed by atoms with Crippen LogP contribution in [0.3, 0.4) is 0 Å². The van der Waals surface area contributed by atoms with E-state index in [0.717, 1.165) is 25.3 Å². The van der Waals surface area contributed by atoms with Crippen molar-refractivity contribution in [1.82, 2.24) is 5.32 Å². The average Bonchev–Trinajstić information content (AvgIpc) is 2.63. The summed E-state index contributed by atoms with van der Waals surface area (Å²) in [5, 5.41) is 12.1. The quantitative estimate of drug-likeness (QED) is 0.842. The third-order valence-corrected chi connectivity index (χ3v) is 4.06. The highest BCUT2D eigenvalue weighted by atomic mass is 35.5. The van der Waals surface area contributed by atoms with Gasteiger partial charge in [-0.1, -0.05) is 30.9 Å². The molecule has 0 aromatic heterocycles. The minimum absolute atomic E-state index is 0.118. The Morgan fingerprint density at radius 3 is 2.62 bits per heavy atom. The fourth-order valence-electron chi connectivity index (χ4n) is 2.70. The van der Waals surface area contributed by atoms with E-state index in [-0.39, 0.29) is 10.6 Å². The molecule has 0 saturated heterocycles. The van der Waals surface area contributed by atoms with Crippen LogP contribution in [0.1, 0.15) is 42.5 Å². The number of carboxylic acid groups (broad SMARTS) is 1. The molecule has 0 heterocycles. The maximum atomic E-state index is 13.7. The summed E-state index contributed by atoms with van der Waals surface area (Å²) in [5.74, 6) is -2.84. The fraction of sp³-hybridized carbons (Fsp3) is 0.467. The highest BCUT2D eigenvalue weighted by Crippen LogP contribution is 2.24. The Morgan fingerprint density at radius 2 is 1.95 bits per heavy atom. The predicted molar refractivity (Wildman–Crippen MR) is 76.9 cm³/mol. The summed E-state index contributed by atoms with van der Waals surface area (Å²) in [6, 6.07) is 3.34. The number of hydrogen-bond acceptors (Lipinski definition) is 2. The van der Waals surface area contributed by atoms with Gasteiger partial charge < -0.3 is 10.4 Å². The number of carbonyl (C=O) groups is 2. The van der Waals surface area contributed by atoms with Crippen LogP contribution in [0, 0.1) is 11.7 Å². The summed E-state index contributed by atoms with van der Waals surface area (Å²) in [4.78, 5) is 23.4. The van der Waals surface area contributed by atoms with E-state index >= 15 is 0 Å². The van der Waals surface area contributed by atoms with Crippen LogP contribution in [0.5, 0.6) is 0 Å². The summed E-state index contributed by atoms with van der Waals surface area (Å²) in [5.41, 5.74) is -0.118. The van der Waals surface area contributed by atoms with Gasteiger partial charge in [0.25, 0.3) is 5.91 Å². The predicted octanol–water partition coefficient (Wildman–Crippen LogP) is 3.24. The zero-order chi connectivity index (χ0) is 15.4. The van der Waals surface area contributed by atoms with E-state index in [1.165, 1.54) is 12.1 Å². The zero-order valence-electron chi connectivity index (χ0n) is 11.4. The van der Waals surface area contributed by atoms with Crippen LogP contribution in [0.2, 0.25) is 5.02 Å². The topological polar surface area (TPSA) is 66.4 Å². The summed E-state index contributed by atoms with van der Waals surface area (Å²) in [6.45, 7) is 0. The average molecular weight is 314 g/mol. The Balaban J connectivity index is 2.14. The van der Waals surface area contributed by atoms with E-state index in [1.54, 1.807) is 0 Å². The number of halogens is 2. The van der Waals surface area contributed by atoms with Crippen LogP contribution in [0.25, 0.3) is 0 Å². The lowest BCUT2D eigenvalue weighted by Gasteiger charge is -2.23. The second kappa shape index (κ2) is 6.89. The first-order valence-electron chi connectivity index (χ1n) is 6.98. The number of aliphatic carboxylic acids is 1. The number of hydrogen-bond donors (Lipinski definition) is 2. The van der Waals surface area contributed by atoms with Crippen LogP contribution >= 0.6 is 11.6 Å². The molecule has 1 fully saturated rings. The molecule has 21 heavy (non-hydrogen) atoms. The van der Waals surface area contributed by atoms with Gasteiger partial charge in [0, 0.05) is 11.1 Å². The van der Waals surface area contributed by atoms with Crippen molar-refractivity contribution in [3.63, 3.8) is 0 Å². The number of nitrogens with one attached hydrogen (secondary N) is 1. The SMILES string of the molecule is O=C(NC1CCCCCC1C(=O)O)c1ccc(Cl)cc1F. The first-order chi connectivity index (χ1) is 9.99. The molecular formula is C15H17ClFNO3. The third-order valence-electron chi connectivity index (χ3n) is 3.83. The Labute approximate surface area is 127 Å². The number of amides is 1. The smallest absolute Gasteiger partial charge is 0.308 e. The zero-order valence-corrected chi connectivity index (χ0v) is 12.2. The second-order valence-corrected chi connectivity index (χ2v) is 5.72. The van der Waals surface area contributed by atoms with Gasteiger partial charge in [-0.2, -0.15) is 0 Å². The lowest BCUT2D eigenvalue weighted by atomic mass is 9.94. The van der Waals surface area contributed by atoms with Crippen molar-refractivity contribution in [3.8, 4) is 0 Å². The molecule has 2 rings (SSSR count).